The molecule has 2 rings (SSSR count). The van der Waals surface area contributed by atoms with Crippen molar-refractivity contribution < 1.29 is 10.2 Å². The average molecular weight is 397 g/mol. The van der Waals surface area contributed by atoms with E-state index >= 15 is 0 Å². The lowest BCUT2D eigenvalue weighted by Gasteiger charge is -2.36. The second-order valence-corrected chi connectivity index (χ2v) is 8.71. The molecule has 0 saturated carbocycles. The minimum absolute atomic E-state index is 0.0717. The molecule has 160 valence electrons. The predicted octanol–water partition coefficient (Wildman–Crippen LogP) is 7.94. The maximum atomic E-state index is 10.1. The summed E-state index contributed by atoms with van der Waals surface area (Å²) in [5, 5.41) is 20.2. The minimum atomic E-state index is -0.0717. The molecule has 0 heterocycles. The predicted molar refractivity (Wildman–Crippen MR) is 124 cm³/mol. The Bertz CT molecular complexity index is 712. The van der Waals surface area contributed by atoms with Crippen molar-refractivity contribution in [2.75, 3.05) is 0 Å². The van der Waals surface area contributed by atoms with E-state index in [0.717, 1.165) is 36.8 Å². The third-order valence-corrected chi connectivity index (χ3v) is 6.41. The van der Waals surface area contributed by atoms with Crippen LogP contribution in [-0.4, -0.2) is 10.2 Å². The molecule has 0 fully saturated rings. The summed E-state index contributed by atoms with van der Waals surface area (Å²) in [7, 11) is 0. The van der Waals surface area contributed by atoms with E-state index in [0.29, 0.717) is 11.5 Å². The van der Waals surface area contributed by atoms with E-state index in [1.165, 1.54) is 49.7 Å². The van der Waals surface area contributed by atoms with E-state index < -0.39 is 0 Å². The van der Waals surface area contributed by atoms with Gasteiger partial charge < -0.3 is 10.2 Å². The van der Waals surface area contributed by atoms with Crippen LogP contribution in [0.5, 0.6) is 11.5 Å². The van der Waals surface area contributed by atoms with E-state index in [4.69, 9.17) is 0 Å². The van der Waals surface area contributed by atoms with Gasteiger partial charge in [0.25, 0.3) is 0 Å². The third kappa shape index (κ3) is 6.01. The smallest absolute Gasteiger partial charge is 0.118 e. The number of unbranched alkanes of at least 4 members (excludes halogenated alkanes) is 6. The summed E-state index contributed by atoms with van der Waals surface area (Å²) in [5.41, 5.74) is 4.38. The van der Waals surface area contributed by atoms with E-state index in [9.17, 15) is 10.2 Å². The van der Waals surface area contributed by atoms with Gasteiger partial charge in [-0.1, -0.05) is 89.5 Å². The van der Waals surface area contributed by atoms with Crippen LogP contribution in [0.15, 0.2) is 36.4 Å². The van der Waals surface area contributed by atoms with Gasteiger partial charge in [0.15, 0.2) is 0 Å². The molecule has 0 radical (unpaired) electrons. The summed E-state index contributed by atoms with van der Waals surface area (Å²) in [6.07, 6.45) is 12.2. The second kappa shape index (κ2) is 11.3. The summed E-state index contributed by atoms with van der Waals surface area (Å²) < 4.78 is 0. The standard InChI is InChI=1S/C27H40O2/c1-5-7-9-10-11-12-18-27(17-8-6-2,23-13-15-25(28)21(3)19-23)24-14-16-26(29)22(4)20-24/h13-16,19-20,28-29H,5-12,17-18H2,1-4H3. The van der Waals surface area contributed by atoms with Gasteiger partial charge in [-0.3, -0.25) is 0 Å². The van der Waals surface area contributed by atoms with Crippen LogP contribution in [0.3, 0.4) is 0 Å². The van der Waals surface area contributed by atoms with Crippen molar-refractivity contribution in [2.24, 2.45) is 0 Å². The SMILES string of the molecule is CCCCCCCCC(CCCC)(c1ccc(O)c(C)c1)c1ccc(O)c(C)c1. The van der Waals surface area contributed by atoms with Gasteiger partial charge in [0.05, 0.1) is 0 Å². The Morgan fingerprint density at radius 3 is 1.55 bits per heavy atom. The van der Waals surface area contributed by atoms with Crippen molar-refractivity contribution in [2.45, 2.75) is 97.3 Å². The molecule has 0 aromatic heterocycles. The third-order valence-electron chi connectivity index (χ3n) is 6.41. The topological polar surface area (TPSA) is 40.5 Å². The minimum Gasteiger partial charge on any atom is -0.508 e. The van der Waals surface area contributed by atoms with Crippen molar-refractivity contribution in [3.8, 4) is 11.5 Å². The Kier molecular flexibility index (Phi) is 9.07. The van der Waals surface area contributed by atoms with Crippen molar-refractivity contribution in [1.82, 2.24) is 0 Å². The monoisotopic (exact) mass is 396 g/mol. The molecule has 0 aliphatic carbocycles. The largest absolute Gasteiger partial charge is 0.508 e. The van der Waals surface area contributed by atoms with Crippen LogP contribution < -0.4 is 0 Å². The quantitative estimate of drug-likeness (QED) is 0.357. The molecular weight excluding hydrogens is 356 g/mol. The summed E-state index contributed by atoms with van der Waals surface area (Å²) in [6, 6.07) is 12.3. The maximum Gasteiger partial charge on any atom is 0.118 e. The number of phenols is 2. The summed E-state index contributed by atoms with van der Waals surface area (Å²) >= 11 is 0. The molecule has 2 aromatic rings. The van der Waals surface area contributed by atoms with E-state index in [-0.39, 0.29) is 5.41 Å². The number of rotatable bonds is 12. The van der Waals surface area contributed by atoms with Gasteiger partial charge in [-0.05, 0) is 61.1 Å². The Morgan fingerprint density at radius 1 is 0.621 bits per heavy atom. The Labute approximate surface area is 178 Å². The molecule has 2 nitrogen and oxygen atoms in total. The van der Waals surface area contributed by atoms with Crippen molar-refractivity contribution in [1.29, 1.82) is 0 Å². The molecule has 2 heteroatoms. The fourth-order valence-electron chi connectivity index (χ4n) is 4.46. The number of hydrogen-bond acceptors (Lipinski definition) is 2. The highest BCUT2D eigenvalue weighted by Crippen LogP contribution is 2.44. The first-order chi connectivity index (χ1) is 13.9. The van der Waals surface area contributed by atoms with Gasteiger partial charge in [0.2, 0.25) is 0 Å². The molecule has 0 amide bonds. The lowest BCUT2D eigenvalue weighted by Crippen LogP contribution is -2.28. The molecule has 0 bridgehead atoms. The Morgan fingerprint density at radius 2 is 1.07 bits per heavy atom. The molecular formula is C27H40O2. The lowest BCUT2D eigenvalue weighted by molar-refractivity contribution is 0.395. The molecule has 0 saturated heterocycles. The zero-order chi connectivity index (χ0) is 21.3. The molecule has 0 unspecified atom stereocenters. The normalized spacial score (nSPS) is 11.7. The summed E-state index contributed by atoms with van der Waals surface area (Å²) in [4.78, 5) is 0. The number of benzene rings is 2. The molecule has 0 aliphatic heterocycles. The van der Waals surface area contributed by atoms with Crippen LogP contribution in [0.25, 0.3) is 0 Å². The number of aryl methyl sites for hydroxylation is 2. The molecule has 0 atom stereocenters. The van der Waals surface area contributed by atoms with Gasteiger partial charge >= 0.3 is 0 Å². The van der Waals surface area contributed by atoms with Crippen LogP contribution in [0, 0.1) is 13.8 Å². The molecule has 2 aromatic carbocycles. The Hall–Kier alpha value is -1.96. The Balaban J connectivity index is 2.43. The highest BCUT2D eigenvalue weighted by Gasteiger charge is 2.34. The van der Waals surface area contributed by atoms with Crippen molar-refractivity contribution in [3.05, 3.63) is 58.7 Å². The summed E-state index contributed by atoms with van der Waals surface area (Å²) in [6.45, 7) is 8.47. The maximum absolute atomic E-state index is 10.1. The first-order valence-electron chi connectivity index (χ1n) is 11.5. The zero-order valence-corrected chi connectivity index (χ0v) is 18.9. The number of hydrogen-bond donors (Lipinski definition) is 2. The van der Waals surface area contributed by atoms with E-state index in [1.807, 2.05) is 26.0 Å². The van der Waals surface area contributed by atoms with Gasteiger partial charge in [0.1, 0.15) is 11.5 Å². The van der Waals surface area contributed by atoms with Crippen LogP contribution in [0.4, 0.5) is 0 Å². The molecule has 0 spiro atoms. The van der Waals surface area contributed by atoms with Crippen LogP contribution >= 0.6 is 0 Å². The van der Waals surface area contributed by atoms with Gasteiger partial charge in [-0.25, -0.2) is 0 Å². The lowest BCUT2D eigenvalue weighted by atomic mass is 9.67. The van der Waals surface area contributed by atoms with E-state index in [2.05, 4.69) is 38.1 Å². The first kappa shape index (κ1) is 23.3. The number of aromatic hydroxyl groups is 2. The van der Waals surface area contributed by atoms with Crippen molar-refractivity contribution >= 4 is 0 Å². The first-order valence-corrected chi connectivity index (χ1v) is 11.5. The summed E-state index contributed by atoms with van der Waals surface area (Å²) in [5.74, 6) is 0.721. The molecule has 29 heavy (non-hydrogen) atoms. The van der Waals surface area contributed by atoms with E-state index in [1.54, 1.807) is 0 Å². The molecule has 0 aliphatic rings. The van der Waals surface area contributed by atoms with Gasteiger partial charge in [-0.2, -0.15) is 0 Å². The zero-order valence-electron chi connectivity index (χ0n) is 18.9. The average Bonchev–Trinajstić information content (AvgIpc) is 2.71. The second-order valence-electron chi connectivity index (χ2n) is 8.71. The van der Waals surface area contributed by atoms with Crippen molar-refractivity contribution in [3.63, 3.8) is 0 Å². The van der Waals surface area contributed by atoms with Crippen LogP contribution in [0.2, 0.25) is 0 Å². The fraction of sp³-hybridized carbons (Fsp3) is 0.556. The highest BCUT2D eigenvalue weighted by atomic mass is 16.3. The van der Waals surface area contributed by atoms with Gasteiger partial charge in [-0.15, -0.1) is 0 Å². The molecule has 2 N–H and O–H groups in total. The highest BCUT2D eigenvalue weighted by molar-refractivity contribution is 5.47. The van der Waals surface area contributed by atoms with Gasteiger partial charge in [0, 0.05) is 5.41 Å². The number of phenolic OH excluding ortho intramolecular Hbond substituents is 2. The fourth-order valence-corrected chi connectivity index (χ4v) is 4.46. The van der Waals surface area contributed by atoms with Crippen LogP contribution in [-0.2, 0) is 5.41 Å². The van der Waals surface area contributed by atoms with Crippen LogP contribution in [0.1, 0.15) is 100 Å².